The fraction of sp³-hybridized carbons (Fsp3) is 0.222. The van der Waals surface area contributed by atoms with Gasteiger partial charge in [-0.15, -0.1) is 6.58 Å². The number of carbonyl (C=O) groups is 1. The van der Waals surface area contributed by atoms with Gasteiger partial charge >= 0.3 is 5.97 Å². The fourth-order valence-electron chi connectivity index (χ4n) is 2.61. The maximum absolute atomic E-state index is 14.2. The van der Waals surface area contributed by atoms with Crippen molar-refractivity contribution < 1.29 is 14.3 Å². The molecule has 0 bridgehead atoms. The summed E-state index contributed by atoms with van der Waals surface area (Å²) in [5, 5.41) is 18.9. The highest BCUT2D eigenvalue weighted by Crippen LogP contribution is 2.44. The van der Waals surface area contributed by atoms with Gasteiger partial charge in [-0.2, -0.15) is 5.26 Å². The maximum atomic E-state index is 14.2. The lowest BCUT2D eigenvalue weighted by atomic mass is 9.70. The summed E-state index contributed by atoms with van der Waals surface area (Å²) in [4.78, 5) is 11.2. The third-order valence-corrected chi connectivity index (χ3v) is 3.81. The van der Waals surface area contributed by atoms with E-state index in [0.29, 0.717) is 18.4 Å². The highest BCUT2D eigenvalue weighted by Gasteiger charge is 2.37. The summed E-state index contributed by atoms with van der Waals surface area (Å²) in [5.41, 5.74) is -0.365. The van der Waals surface area contributed by atoms with Gasteiger partial charge in [0.25, 0.3) is 0 Å². The van der Waals surface area contributed by atoms with Crippen molar-refractivity contribution >= 4 is 11.5 Å². The Morgan fingerprint density at radius 2 is 2.23 bits per heavy atom. The predicted molar refractivity (Wildman–Crippen MR) is 82.1 cm³/mol. The number of halogens is 1. The number of rotatable bonds is 5. The van der Waals surface area contributed by atoms with E-state index in [2.05, 4.69) is 12.6 Å². The van der Waals surface area contributed by atoms with Crippen LogP contribution in [0.5, 0.6) is 0 Å². The molecule has 0 heterocycles. The standard InChI is InChI=1S/C18H16FNO2/c1-2-3-9-18(12-20)10-8-13(17(21)22)11-15(18)14-6-4-5-7-16(14)19/h2,4-8,10-11,13H,1,3,9H2,(H,21,22). The normalized spacial score (nSPS) is 23.5. The highest BCUT2D eigenvalue weighted by molar-refractivity contribution is 5.84. The van der Waals surface area contributed by atoms with Crippen molar-refractivity contribution in [1.82, 2.24) is 0 Å². The topological polar surface area (TPSA) is 61.1 Å². The second-order valence-corrected chi connectivity index (χ2v) is 5.19. The molecule has 22 heavy (non-hydrogen) atoms. The Bertz CT molecular complexity index is 699. The van der Waals surface area contributed by atoms with Gasteiger partial charge in [0.15, 0.2) is 0 Å². The molecule has 1 N–H and O–H groups in total. The van der Waals surface area contributed by atoms with E-state index in [-0.39, 0.29) is 5.56 Å². The van der Waals surface area contributed by atoms with Crippen LogP contribution in [0, 0.1) is 28.5 Å². The van der Waals surface area contributed by atoms with Crippen molar-refractivity contribution in [3.05, 3.63) is 66.5 Å². The molecule has 1 aliphatic carbocycles. The van der Waals surface area contributed by atoms with E-state index >= 15 is 0 Å². The number of nitrogens with zero attached hydrogens (tertiary/aromatic N) is 1. The molecule has 0 aromatic heterocycles. The van der Waals surface area contributed by atoms with Crippen LogP contribution in [0.15, 0.2) is 55.1 Å². The Morgan fingerprint density at radius 3 is 2.82 bits per heavy atom. The first-order valence-corrected chi connectivity index (χ1v) is 6.95. The molecular formula is C18H16FNO2. The summed E-state index contributed by atoms with van der Waals surface area (Å²) in [6.45, 7) is 3.65. The van der Waals surface area contributed by atoms with Crippen molar-refractivity contribution in [2.75, 3.05) is 0 Å². The Morgan fingerprint density at radius 1 is 1.50 bits per heavy atom. The van der Waals surface area contributed by atoms with Crippen LogP contribution in [-0.2, 0) is 4.79 Å². The zero-order chi connectivity index (χ0) is 16.2. The molecule has 3 nitrogen and oxygen atoms in total. The van der Waals surface area contributed by atoms with Gasteiger partial charge in [0.05, 0.1) is 12.0 Å². The van der Waals surface area contributed by atoms with Gasteiger partial charge in [0.1, 0.15) is 11.2 Å². The third kappa shape index (κ3) is 2.84. The lowest BCUT2D eigenvalue weighted by molar-refractivity contribution is -0.138. The average molecular weight is 297 g/mol. The second kappa shape index (κ2) is 6.40. The molecule has 1 aromatic rings. The molecule has 0 fully saturated rings. The second-order valence-electron chi connectivity index (χ2n) is 5.19. The number of hydrogen-bond donors (Lipinski definition) is 1. The minimum Gasteiger partial charge on any atom is -0.481 e. The lowest BCUT2D eigenvalue weighted by Gasteiger charge is -2.30. The first kappa shape index (κ1) is 15.7. The summed E-state index contributed by atoms with van der Waals surface area (Å²) in [7, 11) is 0. The zero-order valence-electron chi connectivity index (χ0n) is 12.0. The summed E-state index contributed by atoms with van der Waals surface area (Å²) in [6.07, 6.45) is 7.22. The first-order valence-electron chi connectivity index (χ1n) is 6.95. The summed E-state index contributed by atoms with van der Waals surface area (Å²) >= 11 is 0. The molecule has 2 unspecified atom stereocenters. The molecule has 0 amide bonds. The molecule has 0 saturated heterocycles. The Hall–Kier alpha value is -2.67. The number of aliphatic carboxylic acids is 1. The van der Waals surface area contributed by atoms with E-state index in [1.807, 2.05) is 0 Å². The van der Waals surface area contributed by atoms with Crippen molar-refractivity contribution in [3.8, 4) is 6.07 Å². The summed E-state index contributed by atoms with van der Waals surface area (Å²) < 4.78 is 14.2. The summed E-state index contributed by atoms with van der Waals surface area (Å²) in [6, 6.07) is 8.33. The molecule has 112 valence electrons. The minimum absolute atomic E-state index is 0.267. The molecule has 2 atom stereocenters. The molecule has 1 aliphatic rings. The van der Waals surface area contributed by atoms with Gasteiger partial charge < -0.3 is 5.11 Å². The van der Waals surface area contributed by atoms with Gasteiger partial charge in [-0.25, -0.2) is 4.39 Å². The number of carboxylic acids is 1. The van der Waals surface area contributed by atoms with Crippen LogP contribution < -0.4 is 0 Å². The quantitative estimate of drug-likeness (QED) is 0.837. The van der Waals surface area contributed by atoms with Crippen LogP contribution in [0.1, 0.15) is 18.4 Å². The highest BCUT2D eigenvalue weighted by atomic mass is 19.1. The van der Waals surface area contributed by atoms with E-state index in [9.17, 15) is 19.6 Å². The van der Waals surface area contributed by atoms with Crippen molar-refractivity contribution in [1.29, 1.82) is 5.26 Å². The van der Waals surface area contributed by atoms with Gasteiger partial charge in [-0.1, -0.05) is 42.5 Å². The minimum atomic E-state index is -1.04. The predicted octanol–water partition coefficient (Wildman–Crippen LogP) is 3.96. The Balaban J connectivity index is 2.59. The van der Waals surface area contributed by atoms with Crippen LogP contribution in [0.4, 0.5) is 4.39 Å². The van der Waals surface area contributed by atoms with Crippen LogP contribution in [-0.4, -0.2) is 11.1 Å². The molecule has 1 aromatic carbocycles. The van der Waals surface area contributed by atoms with E-state index < -0.39 is 23.1 Å². The van der Waals surface area contributed by atoms with E-state index in [4.69, 9.17) is 0 Å². The molecule has 0 aliphatic heterocycles. The fourth-order valence-corrected chi connectivity index (χ4v) is 2.61. The molecule has 0 spiro atoms. The zero-order valence-corrected chi connectivity index (χ0v) is 12.0. The van der Waals surface area contributed by atoms with Gasteiger partial charge in [0.2, 0.25) is 0 Å². The number of nitriles is 1. The summed E-state index contributed by atoms with van der Waals surface area (Å²) in [5.74, 6) is -2.36. The Kier molecular flexibility index (Phi) is 4.57. The van der Waals surface area contributed by atoms with Gasteiger partial charge in [0, 0.05) is 5.56 Å². The molecule has 0 saturated carbocycles. The van der Waals surface area contributed by atoms with Crippen LogP contribution in [0.25, 0.3) is 5.57 Å². The van der Waals surface area contributed by atoms with Crippen LogP contribution in [0.3, 0.4) is 0 Å². The smallest absolute Gasteiger partial charge is 0.314 e. The van der Waals surface area contributed by atoms with Crippen molar-refractivity contribution in [2.45, 2.75) is 12.8 Å². The van der Waals surface area contributed by atoms with E-state index in [1.54, 1.807) is 30.4 Å². The monoisotopic (exact) mass is 297 g/mol. The van der Waals surface area contributed by atoms with Gasteiger partial charge in [-0.05, 0) is 24.5 Å². The SMILES string of the molecule is C=CCCC1(C#N)C=CC(C(=O)O)C=C1c1ccccc1F. The molecule has 4 heteroatoms. The molecular weight excluding hydrogens is 281 g/mol. The Labute approximate surface area is 128 Å². The number of carboxylic acid groups (broad SMARTS) is 1. The number of benzene rings is 1. The van der Waals surface area contributed by atoms with Crippen LogP contribution >= 0.6 is 0 Å². The number of hydrogen-bond acceptors (Lipinski definition) is 2. The molecule has 0 radical (unpaired) electrons. The largest absolute Gasteiger partial charge is 0.481 e. The molecule has 2 rings (SSSR count). The first-order chi connectivity index (χ1) is 10.5. The van der Waals surface area contributed by atoms with Crippen LogP contribution in [0.2, 0.25) is 0 Å². The number of allylic oxidation sites excluding steroid dienone is 3. The van der Waals surface area contributed by atoms with E-state index in [0.717, 1.165) is 0 Å². The van der Waals surface area contributed by atoms with E-state index in [1.165, 1.54) is 18.2 Å². The average Bonchev–Trinajstić information content (AvgIpc) is 2.53. The van der Waals surface area contributed by atoms with Crippen molar-refractivity contribution in [2.24, 2.45) is 11.3 Å². The lowest BCUT2D eigenvalue weighted by Crippen LogP contribution is -2.25. The van der Waals surface area contributed by atoms with Crippen molar-refractivity contribution in [3.63, 3.8) is 0 Å². The van der Waals surface area contributed by atoms with Gasteiger partial charge in [-0.3, -0.25) is 4.79 Å². The maximum Gasteiger partial charge on any atom is 0.314 e. The third-order valence-electron chi connectivity index (χ3n) is 3.81.